The number of hydrogen-bond acceptors (Lipinski definition) is 4. The number of ether oxygens (including phenoxy) is 1. The number of rotatable bonds is 4. The molecule has 2 rings (SSSR count). The molecule has 0 bridgehead atoms. The largest absolute Gasteiger partial charge is 0.481 e. The lowest BCUT2D eigenvalue weighted by Crippen LogP contribution is -2.17. The van der Waals surface area contributed by atoms with Crippen LogP contribution in [0.3, 0.4) is 0 Å². The summed E-state index contributed by atoms with van der Waals surface area (Å²) >= 11 is 1.61. The van der Waals surface area contributed by atoms with Gasteiger partial charge in [0.15, 0.2) is 0 Å². The van der Waals surface area contributed by atoms with Crippen molar-refractivity contribution in [2.75, 3.05) is 6.61 Å². The van der Waals surface area contributed by atoms with Crippen molar-refractivity contribution in [2.24, 2.45) is 0 Å². The van der Waals surface area contributed by atoms with E-state index in [1.54, 1.807) is 11.3 Å². The van der Waals surface area contributed by atoms with Gasteiger partial charge in [0, 0.05) is 11.5 Å². The van der Waals surface area contributed by atoms with Gasteiger partial charge >= 0.3 is 5.97 Å². The molecule has 1 aliphatic carbocycles. The molecular formula is C12H17NO3S. The third kappa shape index (κ3) is 2.50. The predicted molar refractivity (Wildman–Crippen MR) is 65.5 cm³/mol. The van der Waals surface area contributed by atoms with Crippen molar-refractivity contribution in [2.45, 2.75) is 45.1 Å². The van der Waals surface area contributed by atoms with E-state index in [4.69, 9.17) is 9.84 Å². The van der Waals surface area contributed by atoms with Gasteiger partial charge in [-0.05, 0) is 33.1 Å². The zero-order chi connectivity index (χ0) is 12.4. The number of nitrogens with zero attached hydrogens (tertiary/aromatic N) is 1. The summed E-state index contributed by atoms with van der Waals surface area (Å²) in [4.78, 5) is 16.8. The maximum atomic E-state index is 11.2. The molecule has 2 unspecified atom stereocenters. The van der Waals surface area contributed by atoms with Gasteiger partial charge in [-0.1, -0.05) is 0 Å². The Hall–Kier alpha value is -0.940. The molecule has 17 heavy (non-hydrogen) atoms. The fraction of sp³-hybridized carbons (Fsp3) is 0.667. The zero-order valence-electron chi connectivity index (χ0n) is 10.1. The second-order valence-electron chi connectivity index (χ2n) is 4.24. The summed E-state index contributed by atoms with van der Waals surface area (Å²) in [5.41, 5.74) is 0.773. The molecule has 0 spiro atoms. The van der Waals surface area contributed by atoms with Crippen molar-refractivity contribution in [3.8, 4) is 0 Å². The first-order valence-corrected chi connectivity index (χ1v) is 6.79. The molecule has 1 heterocycles. The Balaban J connectivity index is 2.27. The molecule has 0 radical (unpaired) electrons. The number of hydrogen-bond donors (Lipinski definition) is 1. The predicted octanol–water partition coefficient (Wildman–Crippen LogP) is 2.75. The molecule has 2 atom stereocenters. The van der Waals surface area contributed by atoms with E-state index in [0.717, 1.165) is 28.4 Å². The Morgan fingerprint density at radius 2 is 2.47 bits per heavy atom. The van der Waals surface area contributed by atoms with Crippen LogP contribution < -0.4 is 0 Å². The number of carbonyl (C=O) groups is 1. The highest BCUT2D eigenvalue weighted by atomic mass is 32.1. The first kappa shape index (κ1) is 12.5. The van der Waals surface area contributed by atoms with Crippen LogP contribution in [0.15, 0.2) is 0 Å². The lowest BCUT2D eigenvalue weighted by molar-refractivity contribution is -0.139. The molecule has 4 nitrogen and oxygen atoms in total. The highest BCUT2D eigenvalue weighted by molar-refractivity contribution is 7.11. The van der Waals surface area contributed by atoms with Gasteiger partial charge in [0.2, 0.25) is 0 Å². The summed E-state index contributed by atoms with van der Waals surface area (Å²) < 4.78 is 5.50. The SMILES string of the molecule is CCOC(C)c1nc2c(s1)CCCC2C(=O)O. The summed E-state index contributed by atoms with van der Waals surface area (Å²) in [5, 5.41) is 10.1. The van der Waals surface area contributed by atoms with E-state index in [0.29, 0.717) is 13.0 Å². The molecule has 0 fully saturated rings. The third-order valence-electron chi connectivity index (χ3n) is 3.03. The summed E-state index contributed by atoms with van der Waals surface area (Å²) in [5.74, 6) is -1.18. The smallest absolute Gasteiger partial charge is 0.312 e. The second kappa shape index (κ2) is 5.14. The van der Waals surface area contributed by atoms with Crippen LogP contribution in [-0.4, -0.2) is 22.7 Å². The molecule has 0 amide bonds. The lowest BCUT2D eigenvalue weighted by Gasteiger charge is -2.16. The summed E-state index contributed by atoms with van der Waals surface area (Å²) in [6.45, 7) is 4.56. The van der Waals surface area contributed by atoms with E-state index in [-0.39, 0.29) is 6.10 Å². The summed E-state index contributed by atoms with van der Waals surface area (Å²) in [6, 6.07) is 0. The van der Waals surface area contributed by atoms with E-state index in [2.05, 4.69) is 4.98 Å². The van der Waals surface area contributed by atoms with E-state index >= 15 is 0 Å². The quantitative estimate of drug-likeness (QED) is 0.898. The van der Waals surface area contributed by atoms with Crippen molar-refractivity contribution >= 4 is 17.3 Å². The Morgan fingerprint density at radius 1 is 1.71 bits per heavy atom. The Morgan fingerprint density at radius 3 is 3.12 bits per heavy atom. The fourth-order valence-electron chi connectivity index (χ4n) is 2.17. The van der Waals surface area contributed by atoms with Crippen LogP contribution in [0, 0.1) is 0 Å². The summed E-state index contributed by atoms with van der Waals surface area (Å²) in [6.07, 6.45) is 2.56. The number of aromatic nitrogens is 1. The fourth-order valence-corrected chi connectivity index (χ4v) is 3.34. The Kier molecular flexibility index (Phi) is 3.79. The van der Waals surface area contributed by atoms with E-state index in [1.165, 1.54) is 0 Å². The first-order valence-electron chi connectivity index (χ1n) is 5.97. The zero-order valence-corrected chi connectivity index (χ0v) is 10.9. The van der Waals surface area contributed by atoms with Crippen LogP contribution in [0.1, 0.15) is 54.3 Å². The average Bonchev–Trinajstić information content (AvgIpc) is 2.72. The molecular weight excluding hydrogens is 238 g/mol. The third-order valence-corrected chi connectivity index (χ3v) is 4.33. The number of carboxylic acid groups (broad SMARTS) is 1. The molecule has 5 heteroatoms. The minimum atomic E-state index is -0.758. The number of thiazole rings is 1. The molecule has 1 N–H and O–H groups in total. The minimum absolute atomic E-state index is 0.0370. The first-order chi connectivity index (χ1) is 8.13. The average molecular weight is 255 g/mol. The van der Waals surface area contributed by atoms with Crippen LogP contribution in [0.4, 0.5) is 0 Å². The van der Waals surface area contributed by atoms with Crippen molar-refractivity contribution in [1.29, 1.82) is 0 Å². The van der Waals surface area contributed by atoms with Gasteiger partial charge in [-0.2, -0.15) is 0 Å². The number of aryl methyl sites for hydroxylation is 1. The van der Waals surface area contributed by atoms with Gasteiger partial charge in [0.25, 0.3) is 0 Å². The highest BCUT2D eigenvalue weighted by Gasteiger charge is 2.30. The van der Waals surface area contributed by atoms with Crippen LogP contribution in [0.2, 0.25) is 0 Å². The van der Waals surface area contributed by atoms with Crippen molar-refractivity contribution in [1.82, 2.24) is 4.98 Å². The van der Waals surface area contributed by atoms with Crippen molar-refractivity contribution in [3.05, 3.63) is 15.6 Å². The number of aliphatic carboxylic acids is 1. The van der Waals surface area contributed by atoms with Crippen molar-refractivity contribution < 1.29 is 14.6 Å². The molecule has 0 aromatic carbocycles. The molecule has 0 saturated heterocycles. The molecule has 1 aromatic heterocycles. The molecule has 0 saturated carbocycles. The van der Waals surface area contributed by atoms with Crippen molar-refractivity contribution in [3.63, 3.8) is 0 Å². The van der Waals surface area contributed by atoms with Gasteiger partial charge in [0.05, 0.1) is 11.6 Å². The Bertz CT molecular complexity index is 416. The lowest BCUT2D eigenvalue weighted by atomic mass is 9.91. The number of fused-ring (bicyclic) bond motifs is 1. The van der Waals surface area contributed by atoms with Gasteiger partial charge < -0.3 is 9.84 Å². The Labute approximate surface area is 105 Å². The monoisotopic (exact) mass is 255 g/mol. The summed E-state index contributed by atoms with van der Waals surface area (Å²) in [7, 11) is 0. The molecule has 0 aliphatic heterocycles. The highest BCUT2D eigenvalue weighted by Crippen LogP contribution is 2.37. The maximum absolute atomic E-state index is 11.2. The maximum Gasteiger partial charge on any atom is 0.312 e. The van der Waals surface area contributed by atoms with Gasteiger partial charge in [-0.3, -0.25) is 4.79 Å². The topological polar surface area (TPSA) is 59.4 Å². The molecule has 1 aliphatic rings. The van der Waals surface area contributed by atoms with Gasteiger partial charge in [-0.25, -0.2) is 4.98 Å². The number of carboxylic acids is 1. The van der Waals surface area contributed by atoms with E-state index in [9.17, 15) is 4.79 Å². The second-order valence-corrected chi connectivity index (χ2v) is 5.36. The van der Waals surface area contributed by atoms with E-state index < -0.39 is 11.9 Å². The van der Waals surface area contributed by atoms with Gasteiger partial charge in [0.1, 0.15) is 11.1 Å². The molecule has 1 aromatic rings. The molecule has 94 valence electrons. The normalized spacial score (nSPS) is 20.9. The minimum Gasteiger partial charge on any atom is -0.481 e. The van der Waals surface area contributed by atoms with E-state index in [1.807, 2.05) is 13.8 Å². The standard InChI is InChI=1S/C12H17NO3S/c1-3-16-7(2)11-13-10-8(12(14)15)5-4-6-9(10)17-11/h7-8H,3-6H2,1-2H3,(H,14,15). The van der Waals surface area contributed by atoms with Crippen LogP contribution in [0.5, 0.6) is 0 Å². The van der Waals surface area contributed by atoms with Crippen LogP contribution >= 0.6 is 11.3 Å². The van der Waals surface area contributed by atoms with Gasteiger partial charge in [-0.15, -0.1) is 11.3 Å². The van der Waals surface area contributed by atoms with Crippen LogP contribution in [0.25, 0.3) is 0 Å². The van der Waals surface area contributed by atoms with Crippen LogP contribution in [-0.2, 0) is 16.0 Å².